The molecule has 0 aliphatic carbocycles. The van der Waals surface area contributed by atoms with Crippen LogP contribution in [0.2, 0.25) is 10.0 Å². The van der Waals surface area contributed by atoms with E-state index in [2.05, 4.69) is 10.2 Å². The zero-order valence-electron chi connectivity index (χ0n) is 10.8. The molecule has 1 atom stereocenters. The molecule has 2 rings (SSSR count). The second kappa shape index (κ2) is 6.77. The fraction of sp³-hybridized carbons (Fsp3) is 0.538. The fourth-order valence-corrected chi connectivity index (χ4v) is 2.87. The monoisotopic (exact) mass is 304 g/mol. The molecular weight excluding hydrogens is 287 g/mol. The van der Waals surface area contributed by atoms with Gasteiger partial charge in [-0.3, -0.25) is 4.90 Å². The minimum atomic E-state index is -0.663. The van der Waals surface area contributed by atoms with E-state index in [-0.39, 0.29) is 0 Å². The number of benzene rings is 1. The third-order valence-electron chi connectivity index (χ3n) is 3.24. The van der Waals surface area contributed by atoms with Gasteiger partial charge in [0.05, 0.1) is 18.2 Å². The van der Waals surface area contributed by atoms with Crippen molar-refractivity contribution in [1.29, 1.82) is 0 Å². The van der Waals surface area contributed by atoms with Crippen LogP contribution in [-0.2, 0) is 0 Å². The van der Waals surface area contributed by atoms with E-state index in [9.17, 15) is 5.11 Å². The number of aliphatic hydroxyl groups excluding tert-OH is 1. The normalized spacial score (nSPS) is 18.3. The average Bonchev–Trinajstić information content (AvgIpc) is 2.39. The van der Waals surface area contributed by atoms with Crippen LogP contribution in [0.15, 0.2) is 12.1 Å². The highest BCUT2D eigenvalue weighted by atomic mass is 35.5. The SMILES string of the molecule is COc1c(Cl)cc(Cl)cc1C(O)CN1CCNCC1. The van der Waals surface area contributed by atoms with Gasteiger partial charge in [0.2, 0.25) is 0 Å². The van der Waals surface area contributed by atoms with Crippen molar-refractivity contribution in [3.05, 3.63) is 27.7 Å². The Morgan fingerprint density at radius 2 is 2.05 bits per heavy atom. The molecule has 0 amide bonds. The largest absolute Gasteiger partial charge is 0.495 e. The van der Waals surface area contributed by atoms with E-state index in [1.165, 1.54) is 7.11 Å². The van der Waals surface area contributed by atoms with Crippen molar-refractivity contribution in [2.24, 2.45) is 0 Å². The Morgan fingerprint density at radius 3 is 2.68 bits per heavy atom. The Balaban J connectivity index is 2.15. The molecule has 1 saturated heterocycles. The number of piperazine rings is 1. The highest BCUT2D eigenvalue weighted by Gasteiger charge is 2.20. The van der Waals surface area contributed by atoms with Crippen LogP contribution in [0.25, 0.3) is 0 Å². The number of aliphatic hydroxyl groups is 1. The first kappa shape index (κ1) is 14.9. The molecule has 106 valence electrons. The summed E-state index contributed by atoms with van der Waals surface area (Å²) >= 11 is 12.1. The number of hydrogen-bond donors (Lipinski definition) is 2. The lowest BCUT2D eigenvalue weighted by molar-refractivity contribution is 0.103. The molecule has 0 saturated carbocycles. The van der Waals surface area contributed by atoms with Crippen LogP contribution in [0.5, 0.6) is 5.75 Å². The average molecular weight is 305 g/mol. The van der Waals surface area contributed by atoms with E-state index >= 15 is 0 Å². The minimum absolute atomic E-state index is 0.421. The maximum atomic E-state index is 10.4. The van der Waals surface area contributed by atoms with Gasteiger partial charge in [0.25, 0.3) is 0 Å². The summed E-state index contributed by atoms with van der Waals surface area (Å²) in [7, 11) is 1.54. The van der Waals surface area contributed by atoms with Crippen LogP contribution in [0.1, 0.15) is 11.7 Å². The van der Waals surface area contributed by atoms with E-state index in [0.717, 1.165) is 26.2 Å². The predicted molar refractivity (Wildman–Crippen MR) is 77.3 cm³/mol. The highest BCUT2D eigenvalue weighted by Crippen LogP contribution is 2.36. The Labute approximate surface area is 123 Å². The van der Waals surface area contributed by atoms with Gasteiger partial charge < -0.3 is 15.2 Å². The van der Waals surface area contributed by atoms with Crippen LogP contribution in [0, 0.1) is 0 Å². The van der Waals surface area contributed by atoms with Crippen molar-refractivity contribution in [1.82, 2.24) is 10.2 Å². The Hall–Kier alpha value is -0.520. The van der Waals surface area contributed by atoms with Crippen LogP contribution in [-0.4, -0.2) is 49.8 Å². The second-order valence-corrected chi connectivity index (χ2v) is 5.42. The molecule has 6 heteroatoms. The third kappa shape index (κ3) is 3.74. The van der Waals surface area contributed by atoms with Crippen molar-refractivity contribution < 1.29 is 9.84 Å². The van der Waals surface area contributed by atoms with Gasteiger partial charge in [-0.25, -0.2) is 0 Å². The summed E-state index contributed by atoms with van der Waals surface area (Å²) < 4.78 is 5.26. The van der Waals surface area contributed by atoms with E-state index in [1.54, 1.807) is 12.1 Å². The topological polar surface area (TPSA) is 44.7 Å². The van der Waals surface area contributed by atoms with Gasteiger partial charge in [-0.1, -0.05) is 23.2 Å². The van der Waals surface area contributed by atoms with E-state index < -0.39 is 6.10 Å². The van der Waals surface area contributed by atoms with Crippen LogP contribution in [0.3, 0.4) is 0 Å². The molecule has 1 aromatic rings. The molecule has 1 aromatic carbocycles. The quantitative estimate of drug-likeness (QED) is 0.892. The van der Waals surface area contributed by atoms with Gasteiger partial charge in [-0.05, 0) is 12.1 Å². The number of hydrogen-bond acceptors (Lipinski definition) is 4. The van der Waals surface area contributed by atoms with Crippen LogP contribution >= 0.6 is 23.2 Å². The molecular formula is C13H18Cl2N2O2. The van der Waals surface area contributed by atoms with E-state index in [0.29, 0.717) is 27.9 Å². The van der Waals surface area contributed by atoms with Crippen molar-refractivity contribution >= 4 is 23.2 Å². The number of rotatable bonds is 4. The van der Waals surface area contributed by atoms with Gasteiger partial charge >= 0.3 is 0 Å². The summed E-state index contributed by atoms with van der Waals surface area (Å²) in [5.41, 5.74) is 0.638. The summed E-state index contributed by atoms with van der Waals surface area (Å²) in [5, 5.41) is 14.6. The predicted octanol–water partition coefficient (Wildman–Crippen LogP) is 1.94. The van der Waals surface area contributed by atoms with Gasteiger partial charge in [-0.15, -0.1) is 0 Å². The number of methoxy groups -OCH3 is 1. The number of ether oxygens (including phenoxy) is 1. The van der Waals surface area contributed by atoms with Crippen molar-refractivity contribution in [2.75, 3.05) is 39.8 Å². The maximum Gasteiger partial charge on any atom is 0.143 e. The summed E-state index contributed by atoms with van der Waals surface area (Å²) in [6.07, 6.45) is -0.663. The highest BCUT2D eigenvalue weighted by molar-refractivity contribution is 6.35. The Kier molecular flexibility index (Phi) is 5.30. The lowest BCUT2D eigenvalue weighted by atomic mass is 10.1. The molecule has 1 fully saturated rings. The lowest BCUT2D eigenvalue weighted by Gasteiger charge is -2.29. The lowest BCUT2D eigenvalue weighted by Crippen LogP contribution is -2.45. The molecule has 1 heterocycles. The minimum Gasteiger partial charge on any atom is -0.495 e. The van der Waals surface area contributed by atoms with Gasteiger partial charge in [0, 0.05) is 43.3 Å². The zero-order chi connectivity index (χ0) is 13.8. The van der Waals surface area contributed by atoms with Gasteiger partial charge in [0.15, 0.2) is 0 Å². The third-order valence-corrected chi connectivity index (χ3v) is 3.74. The zero-order valence-corrected chi connectivity index (χ0v) is 12.3. The summed E-state index contributed by atoms with van der Waals surface area (Å²) in [6, 6.07) is 3.32. The first-order valence-electron chi connectivity index (χ1n) is 6.26. The smallest absolute Gasteiger partial charge is 0.143 e. The van der Waals surface area contributed by atoms with Crippen LogP contribution < -0.4 is 10.1 Å². The summed E-state index contributed by atoms with van der Waals surface area (Å²) in [4.78, 5) is 2.20. The van der Waals surface area contributed by atoms with Crippen LogP contribution in [0.4, 0.5) is 0 Å². The Bertz CT molecular complexity index is 437. The number of nitrogens with zero attached hydrogens (tertiary/aromatic N) is 1. The Morgan fingerprint density at radius 1 is 1.37 bits per heavy atom. The molecule has 0 radical (unpaired) electrons. The maximum absolute atomic E-state index is 10.4. The van der Waals surface area contributed by atoms with E-state index in [4.69, 9.17) is 27.9 Å². The summed E-state index contributed by atoms with van der Waals surface area (Å²) in [5.74, 6) is 0.494. The molecule has 2 N–H and O–H groups in total. The number of nitrogens with one attached hydrogen (secondary N) is 1. The molecule has 1 aliphatic heterocycles. The van der Waals surface area contributed by atoms with Crippen molar-refractivity contribution in [3.8, 4) is 5.75 Å². The number of halogens is 2. The first-order chi connectivity index (χ1) is 9.11. The van der Waals surface area contributed by atoms with Gasteiger partial charge in [-0.2, -0.15) is 0 Å². The second-order valence-electron chi connectivity index (χ2n) is 4.58. The number of β-amino-alcohol motifs (C(OH)–C–C–N with tert-alkyl or cyclic N) is 1. The molecule has 0 bridgehead atoms. The van der Waals surface area contributed by atoms with Crippen molar-refractivity contribution in [2.45, 2.75) is 6.10 Å². The molecule has 0 spiro atoms. The first-order valence-corrected chi connectivity index (χ1v) is 7.01. The molecule has 4 nitrogen and oxygen atoms in total. The molecule has 19 heavy (non-hydrogen) atoms. The van der Waals surface area contributed by atoms with Crippen molar-refractivity contribution in [3.63, 3.8) is 0 Å². The van der Waals surface area contributed by atoms with Gasteiger partial charge in [0.1, 0.15) is 5.75 Å². The fourth-order valence-electron chi connectivity index (χ4n) is 2.28. The van der Waals surface area contributed by atoms with E-state index in [1.807, 2.05) is 0 Å². The standard InChI is InChI=1S/C13H18Cl2N2O2/c1-19-13-10(6-9(14)7-11(13)15)12(18)8-17-4-2-16-3-5-17/h6-7,12,16,18H,2-5,8H2,1H3. The molecule has 0 aromatic heterocycles. The molecule has 1 unspecified atom stereocenters. The molecule has 1 aliphatic rings. The summed E-state index contributed by atoms with van der Waals surface area (Å²) in [6.45, 7) is 4.29.